The minimum Gasteiger partial charge on any atom is -0.469 e. The number of benzene rings is 1. The third-order valence-electron chi connectivity index (χ3n) is 2.83. The Bertz CT molecular complexity index is 497. The van der Waals surface area contributed by atoms with Gasteiger partial charge in [0.25, 0.3) is 0 Å². The average Bonchev–Trinajstić information content (AvgIpc) is 2.85. The molecule has 1 unspecified atom stereocenters. The van der Waals surface area contributed by atoms with Crippen LogP contribution in [0.15, 0.2) is 41.0 Å². The Labute approximate surface area is 117 Å². The van der Waals surface area contributed by atoms with Gasteiger partial charge in [-0.2, -0.15) is 0 Å². The lowest BCUT2D eigenvalue weighted by Gasteiger charge is -2.15. The molecule has 0 bridgehead atoms. The molecule has 1 aromatic heterocycles. The SMILES string of the molecule is CC(NCCc1ccco1)c1cc(Cl)ccc1Cl. The molecule has 1 N–H and O–H groups in total. The molecule has 1 heterocycles. The van der Waals surface area contributed by atoms with Crippen molar-refractivity contribution in [3.8, 4) is 0 Å². The van der Waals surface area contributed by atoms with Crippen molar-refractivity contribution < 1.29 is 4.42 Å². The van der Waals surface area contributed by atoms with Crippen molar-refractivity contribution in [1.29, 1.82) is 0 Å². The summed E-state index contributed by atoms with van der Waals surface area (Å²) in [4.78, 5) is 0. The molecule has 4 heteroatoms. The first-order chi connectivity index (χ1) is 8.66. The Morgan fingerprint density at radius 2 is 2.11 bits per heavy atom. The molecule has 0 radical (unpaired) electrons. The smallest absolute Gasteiger partial charge is 0.105 e. The van der Waals surface area contributed by atoms with Gasteiger partial charge in [-0.3, -0.25) is 0 Å². The van der Waals surface area contributed by atoms with Crippen LogP contribution in [0.2, 0.25) is 10.0 Å². The van der Waals surface area contributed by atoms with E-state index in [0.717, 1.165) is 29.3 Å². The molecule has 18 heavy (non-hydrogen) atoms. The Morgan fingerprint density at radius 3 is 2.83 bits per heavy atom. The molecule has 0 saturated carbocycles. The lowest BCUT2D eigenvalue weighted by Crippen LogP contribution is -2.21. The molecule has 0 saturated heterocycles. The van der Waals surface area contributed by atoms with Gasteiger partial charge >= 0.3 is 0 Å². The quantitative estimate of drug-likeness (QED) is 0.875. The maximum absolute atomic E-state index is 6.15. The topological polar surface area (TPSA) is 25.2 Å². The van der Waals surface area contributed by atoms with Gasteiger partial charge in [0.1, 0.15) is 5.76 Å². The van der Waals surface area contributed by atoms with Gasteiger partial charge in [-0.25, -0.2) is 0 Å². The van der Waals surface area contributed by atoms with Crippen LogP contribution < -0.4 is 5.32 Å². The van der Waals surface area contributed by atoms with Gasteiger partial charge < -0.3 is 9.73 Å². The molecule has 0 aliphatic rings. The van der Waals surface area contributed by atoms with Crippen molar-refractivity contribution in [3.05, 3.63) is 58.0 Å². The highest BCUT2D eigenvalue weighted by Crippen LogP contribution is 2.26. The van der Waals surface area contributed by atoms with Gasteiger partial charge in [-0.05, 0) is 42.8 Å². The summed E-state index contributed by atoms with van der Waals surface area (Å²) in [6.07, 6.45) is 2.54. The van der Waals surface area contributed by atoms with E-state index in [4.69, 9.17) is 27.6 Å². The van der Waals surface area contributed by atoms with E-state index in [1.54, 1.807) is 12.3 Å². The fourth-order valence-corrected chi connectivity index (χ4v) is 2.28. The summed E-state index contributed by atoms with van der Waals surface area (Å²) in [7, 11) is 0. The summed E-state index contributed by atoms with van der Waals surface area (Å²) in [6, 6.07) is 9.54. The van der Waals surface area contributed by atoms with Crippen molar-refractivity contribution in [2.45, 2.75) is 19.4 Å². The summed E-state index contributed by atoms with van der Waals surface area (Å²) in [5.74, 6) is 0.979. The van der Waals surface area contributed by atoms with E-state index in [-0.39, 0.29) is 6.04 Å². The Morgan fingerprint density at radius 1 is 1.28 bits per heavy atom. The van der Waals surface area contributed by atoms with Gasteiger partial charge in [0.15, 0.2) is 0 Å². The third kappa shape index (κ3) is 3.52. The zero-order valence-electron chi connectivity index (χ0n) is 10.1. The minimum absolute atomic E-state index is 0.158. The second-order valence-corrected chi connectivity index (χ2v) is 5.01. The molecular formula is C14H15Cl2NO. The molecule has 1 atom stereocenters. The standard InChI is InChI=1S/C14H15Cl2NO/c1-10(13-9-11(15)4-5-14(13)16)17-7-6-12-3-2-8-18-12/h2-5,8-10,17H,6-7H2,1H3. The van der Waals surface area contributed by atoms with Crippen molar-refractivity contribution in [1.82, 2.24) is 5.32 Å². The van der Waals surface area contributed by atoms with Crippen LogP contribution in [0.3, 0.4) is 0 Å². The fraction of sp³-hybridized carbons (Fsp3) is 0.286. The van der Waals surface area contributed by atoms with Crippen LogP contribution in [0.25, 0.3) is 0 Å². The predicted molar refractivity (Wildman–Crippen MR) is 75.3 cm³/mol. The number of nitrogens with one attached hydrogen (secondary N) is 1. The van der Waals surface area contributed by atoms with Crippen molar-refractivity contribution in [2.75, 3.05) is 6.54 Å². The van der Waals surface area contributed by atoms with E-state index in [9.17, 15) is 0 Å². The van der Waals surface area contributed by atoms with Crippen LogP contribution >= 0.6 is 23.2 Å². The summed E-state index contributed by atoms with van der Waals surface area (Å²) in [5, 5.41) is 4.84. The first-order valence-corrected chi connectivity index (χ1v) is 6.63. The number of rotatable bonds is 5. The lowest BCUT2D eigenvalue weighted by atomic mass is 10.1. The molecule has 2 nitrogen and oxygen atoms in total. The first kappa shape index (κ1) is 13.5. The van der Waals surface area contributed by atoms with E-state index >= 15 is 0 Å². The first-order valence-electron chi connectivity index (χ1n) is 5.87. The summed E-state index contributed by atoms with van der Waals surface area (Å²) < 4.78 is 5.28. The van der Waals surface area contributed by atoms with E-state index in [1.807, 2.05) is 24.3 Å². The molecule has 0 amide bonds. The van der Waals surface area contributed by atoms with Crippen LogP contribution in [0, 0.1) is 0 Å². The minimum atomic E-state index is 0.158. The van der Waals surface area contributed by atoms with E-state index in [1.165, 1.54) is 0 Å². The molecule has 0 spiro atoms. The number of hydrogen-bond acceptors (Lipinski definition) is 2. The zero-order valence-corrected chi connectivity index (χ0v) is 11.6. The van der Waals surface area contributed by atoms with Crippen LogP contribution in [0.5, 0.6) is 0 Å². The zero-order chi connectivity index (χ0) is 13.0. The van der Waals surface area contributed by atoms with Gasteiger partial charge in [-0.1, -0.05) is 23.2 Å². The lowest BCUT2D eigenvalue weighted by molar-refractivity contribution is 0.486. The van der Waals surface area contributed by atoms with Crippen molar-refractivity contribution in [3.63, 3.8) is 0 Å². The van der Waals surface area contributed by atoms with E-state index in [0.29, 0.717) is 5.02 Å². The van der Waals surface area contributed by atoms with Gasteiger partial charge in [0, 0.05) is 29.1 Å². The van der Waals surface area contributed by atoms with E-state index < -0.39 is 0 Å². The molecule has 0 aliphatic heterocycles. The highest BCUT2D eigenvalue weighted by atomic mass is 35.5. The monoisotopic (exact) mass is 283 g/mol. The van der Waals surface area contributed by atoms with Gasteiger partial charge in [0.2, 0.25) is 0 Å². The number of halogens is 2. The summed E-state index contributed by atoms with van der Waals surface area (Å²) in [5.41, 5.74) is 1.02. The highest BCUT2D eigenvalue weighted by Gasteiger charge is 2.09. The van der Waals surface area contributed by atoms with Crippen molar-refractivity contribution >= 4 is 23.2 Å². The summed E-state index contributed by atoms with van der Waals surface area (Å²) >= 11 is 12.1. The van der Waals surface area contributed by atoms with Crippen LogP contribution in [-0.4, -0.2) is 6.54 Å². The van der Waals surface area contributed by atoms with Gasteiger partial charge in [0.05, 0.1) is 6.26 Å². The maximum atomic E-state index is 6.15. The predicted octanol–water partition coefficient (Wildman–Crippen LogP) is 4.48. The van der Waals surface area contributed by atoms with Crippen LogP contribution in [-0.2, 0) is 6.42 Å². The largest absolute Gasteiger partial charge is 0.469 e. The average molecular weight is 284 g/mol. The maximum Gasteiger partial charge on any atom is 0.105 e. The van der Waals surface area contributed by atoms with Crippen molar-refractivity contribution in [2.24, 2.45) is 0 Å². The molecule has 0 fully saturated rings. The van der Waals surface area contributed by atoms with E-state index in [2.05, 4.69) is 12.2 Å². The Hall–Kier alpha value is -0.960. The van der Waals surface area contributed by atoms with Gasteiger partial charge in [-0.15, -0.1) is 0 Å². The Balaban J connectivity index is 1.91. The number of hydrogen-bond donors (Lipinski definition) is 1. The van der Waals surface area contributed by atoms with Crippen LogP contribution in [0.1, 0.15) is 24.3 Å². The summed E-state index contributed by atoms with van der Waals surface area (Å²) in [6.45, 7) is 2.90. The fourth-order valence-electron chi connectivity index (χ4n) is 1.82. The number of furan rings is 1. The molecule has 1 aromatic carbocycles. The molecule has 2 aromatic rings. The van der Waals surface area contributed by atoms with Crippen LogP contribution in [0.4, 0.5) is 0 Å². The molecule has 96 valence electrons. The second-order valence-electron chi connectivity index (χ2n) is 4.17. The normalized spacial score (nSPS) is 12.6. The highest BCUT2D eigenvalue weighted by molar-refractivity contribution is 6.33. The second kappa shape index (κ2) is 6.28. The Kier molecular flexibility index (Phi) is 4.70. The third-order valence-corrected chi connectivity index (χ3v) is 3.41. The molecule has 2 rings (SSSR count). The molecule has 0 aliphatic carbocycles. The molecular weight excluding hydrogens is 269 g/mol.